The third kappa shape index (κ3) is 2.40. The number of hydrogen-bond donors (Lipinski definition) is 1. The number of nitrogens with one attached hydrogen (secondary N) is 1. The molecule has 1 N–H and O–H groups in total. The standard InChI is InChI=1S/C15H27N3O/c1-15(6-8-16-9-7-15)14(19)18-10-5-12-3-4-13(11-18)17(12)2/h12-13,16H,3-11H2,1-2H3. The zero-order valence-corrected chi connectivity index (χ0v) is 12.3. The fraction of sp³-hybridized carbons (Fsp3) is 0.933. The molecule has 4 heteroatoms. The zero-order chi connectivity index (χ0) is 13.5. The van der Waals surface area contributed by atoms with Gasteiger partial charge in [-0.05, 0) is 52.2 Å². The van der Waals surface area contributed by atoms with Gasteiger partial charge in [0.05, 0.1) is 0 Å². The molecule has 4 nitrogen and oxygen atoms in total. The Morgan fingerprint density at radius 1 is 1.16 bits per heavy atom. The van der Waals surface area contributed by atoms with Crippen molar-refractivity contribution in [3.05, 3.63) is 0 Å². The lowest BCUT2D eigenvalue weighted by atomic mass is 9.79. The Morgan fingerprint density at radius 3 is 2.58 bits per heavy atom. The number of hydrogen-bond acceptors (Lipinski definition) is 3. The fourth-order valence-electron chi connectivity index (χ4n) is 4.07. The molecule has 0 aromatic heterocycles. The van der Waals surface area contributed by atoms with Gasteiger partial charge in [0.1, 0.15) is 0 Å². The number of nitrogens with zero attached hydrogens (tertiary/aromatic N) is 2. The molecule has 3 fully saturated rings. The summed E-state index contributed by atoms with van der Waals surface area (Å²) in [5.41, 5.74) is -0.118. The number of fused-ring (bicyclic) bond motifs is 2. The number of likely N-dealkylation sites (N-methyl/N-ethyl adjacent to an activating group) is 1. The lowest BCUT2D eigenvalue weighted by Crippen LogP contribution is -2.50. The Labute approximate surface area is 116 Å². The summed E-state index contributed by atoms with van der Waals surface area (Å²) in [5, 5.41) is 3.37. The van der Waals surface area contributed by atoms with E-state index in [4.69, 9.17) is 0 Å². The van der Waals surface area contributed by atoms with Gasteiger partial charge in [0.2, 0.25) is 5.91 Å². The molecule has 2 atom stereocenters. The minimum Gasteiger partial charge on any atom is -0.341 e. The van der Waals surface area contributed by atoms with Gasteiger partial charge in [-0.2, -0.15) is 0 Å². The summed E-state index contributed by atoms with van der Waals surface area (Å²) in [6.07, 6.45) is 5.74. The van der Waals surface area contributed by atoms with Crippen molar-refractivity contribution in [2.45, 2.75) is 51.1 Å². The number of amides is 1. The summed E-state index contributed by atoms with van der Waals surface area (Å²) >= 11 is 0. The van der Waals surface area contributed by atoms with Crippen molar-refractivity contribution in [3.8, 4) is 0 Å². The van der Waals surface area contributed by atoms with E-state index < -0.39 is 0 Å². The van der Waals surface area contributed by atoms with Crippen molar-refractivity contribution >= 4 is 5.91 Å². The predicted molar refractivity (Wildman–Crippen MR) is 76.0 cm³/mol. The molecule has 1 amide bonds. The maximum Gasteiger partial charge on any atom is 0.228 e. The maximum atomic E-state index is 12.9. The lowest BCUT2D eigenvalue weighted by molar-refractivity contribution is -0.143. The molecule has 0 saturated carbocycles. The summed E-state index contributed by atoms with van der Waals surface area (Å²) in [6, 6.07) is 1.31. The highest BCUT2D eigenvalue weighted by Gasteiger charge is 2.41. The molecule has 3 aliphatic rings. The van der Waals surface area contributed by atoms with Gasteiger partial charge in [0.15, 0.2) is 0 Å². The van der Waals surface area contributed by atoms with Gasteiger partial charge >= 0.3 is 0 Å². The van der Waals surface area contributed by atoms with Crippen LogP contribution in [0, 0.1) is 5.41 Å². The lowest BCUT2D eigenvalue weighted by Gasteiger charge is -2.38. The first-order valence-corrected chi connectivity index (χ1v) is 7.82. The number of carbonyl (C=O) groups is 1. The highest BCUT2D eigenvalue weighted by molar-refractivity contribution is 5.82. The summed E-state index contributed by atoms with van der Waals surface area (Å²) in [6.45, 7) is 6.06. The maximum absolute atomic E-state index is 12.9. The largest absolute Gasteiger partial charge is 0.341 e. The third-order valence-corrected chi connectivity index (χ3v) is 5.66. The Morgan fingerprint density at radius 2 is 1.84 bits per heavy atom. The quantitative estimate of drug-likeness (QED) is 0.770. The Hall–Kier alpha value is -0.610. The van der Waals surface area contributed by atoms with Gasteiger partial charge in [0, 0.05) is 30.6 Å². The molecule has 3 saturated heterocycles. The zero-order valence-electron chi connectivity index (χ0n) is 12.3. The molecular weight excluding hydrogens is 238 g/mol. The van der Waals surface area contributed by atoms with E-state index in [0.29, 0.717) is 18.0 Å². The molecule has 3 aliphatic heterocycles. The molecule has 0 aromatic carbocycles. The first kappa shape index (κ1) is 13.4. The monoisotopic (exact) mass is 265 g/mol. The average Bonchev–Trinajstić information content (AvgIpc) is 2.63. The Balaban J connectivity index is 1.70. The van der Waals surface area contributed by atoms with Crippen LogP contribution in [0.15, 0.2) is 0 Å². The summed E-state index contributed by atoms with van der Waals surface area (Å²) in [5.74, 6) is 0.412. The van der Waals surface area contributed by atoms with Crippen LogP contribution in [0.3, 0.4) is 0 Å². The Kier molecular flexibility index (Phi) is 3.56. The second-order valence-corrected chi connectivity index (χ2v) is 6.90. The summed E-state index contributed by atoms with van der Waals surface area (Å²) < 4.78 is 0. The molecule has 2 unspecified atom stereocenters. The van der Waals surface area contributed by atoms with Crippen LogP contribution in [0.1, 0.15) is 39.0 Å². The average molecular weight is 265 g/mol. The minimum atomic E-state index is -0.118. The van der Waals surface area contributed by atoms with Crippen LogP contribution < -0.4 is 5.32 Å². The van der Waals surface area contributed by atoms with Crippen LogP contribution in [0.2, 0.25) is 0 Å². The van der Waals surface area contributed by atoms with Crippen molar-refractivity contribution in [1.29, 1.82) is 0 Å². The van der Waals surface area contributed by atoms with Crippen LogP contribution in [-0.4, -0.2) is 61.0 Å². The number of likely N-dealkylation sites (tertiary alicyclic amines) is 1. The Bertz CT molecular complexity index is 351. The normalized spacial score (nSPS) is 35.2. The first-order valence-electron chi connectivity index (χ1n) is 7.82. The van der Waals surface area contributed by atoms with Crippen molar-refractivity contribution in [2.24, 2.45) is 5.41 Å². The molecule has 3 heterocycles. The second-order valence-electron chi connectivity index (χ2n) is 6.90. The summed E-state index contributed by atoms with van der Waals surface area (Å²) in [4.78, 5) is 17.6. The van der Waals surface area contributed by atoms with Gasteiger partial charge < -0.3 is 10.2 Å². The van der Waals surface area contributed by atoms with Gasteiger partial charge in [-0.15, -0.1) is 0 Å². The summed E-state index contributed by atoms with van der Waals surface area (Å²) in [7, 11) is 2.24. The second kappa shape index (κ2) is 5.06. The molecular formula is C15H27N3O. The highest BCUT2D eigenvalue weighted by atomic mass is 16.2. The van der Waals surface area contributed by atoms with E-state index >= 15 is 0 Å². The number of piperidine rings is 1. The van der Waals surface area contributed by atoms with E-state index in [2.05, 4.69) is 29.1 Å². The van der Waals surface area contributed by atoms with Crippen LogP contribution in [0.25, 0.3) is 0 Å². The molecule has 108 valence electrons. The molecule has 0 radical (unpaired) electrons. The molecule has 0 aromatic rings. The van der Waals surface area contributed by atoms with Gasteiger partial charge in [-0.1, -0.05) is 6.92 Å². The van der Waals surface area contributed by atoms with E-state index in [0.717, 1.165) is 45.4 Å². The van der Waals surface area contributed by atoms with Gasteiger partial charge in [0.25, 0.3) is 0 Å². The van der Waals surface area contributed by atoms with E-state index in [1.807, 2.05) is 0 Å². The number of rotatable bonds is 1. The van der Waals surface area contributed by atoms with E-state index in [9.17, 15) is 4.79 Å². The van der Waals surface area contributed by atoms with E-state index in [1.54, 1.807) is 0 Å². The molecule has 0 aliphatic carbocycles. The fourth-order valence-corrected chi connectivity index (χ4v) is 4.07. The van der Waals surface area contributed by atoms with Crippen LogP contribution in [0.4, 0.5) is 0 Å². The first-order chi connectivity index (χ1) is 9.10. The van der Waals surface area contributed by atoms with Crippen LogP contribution >= 0.6 is 0 Å². The van der Waals surface area contributed by atoms with E-state index in [1.165, 1.54) is 12.8 Å². The predicted octanol–water partition coefficient (Wildman–Crippen LogP) is 1.07. The van der Waals surface area contributed by atoms with E-state index in [-0.39, 0.29) is 5.41 Å². The van der Waals surface area contributed by atoms with Crippen LogP contribution in [0.5, 0.6) is 0 Å². The van der Waals surface area contributed by atoms with Crippen molar-refractivity contribution < 1.29 is 4.79 Å². The highest BCUT2D eigenvalue weighted by Crippen LogP contribution is 2.34. The van der Waals surface area contributed by atoms with Crippen molar-refractivity contribution in [1.82, 2.24) is 15.1 Å². The van der Waals surface area contributed by atoms with Crippen LogP contribution in [-0.2, 0) is 4.79 Å². The molecule has 2 bridgehead atoms. The third-order valence-electron chi connectivity index (χ3n) is 5.66. The topological polar surface area (TPSA) is 35.6 Å². The van der Waals surface area contributed by atoms with Gasteiger partial charge in [-0.25, -0.2) is 0 Å². The van der Waals surface area contributed by atoms with Crippen molar-refractivity contribution in [3.63, 3.8) is 0 Å². The molecule has 19 heavy (non-hydrogen) atoms. The smallest absolute Gasteiger partial charge is 0.228 e. The van der Waals surface area contributed by atoms with Crippen molar-refractivity contribution in [2.75, 3.05) is 33.2 Å². The molecule has 3 rings (SSSR count). The minimum absolute atomic E-state index is 0.118. The molecule has 0 spiro atoms. The SMILES string of the molecule is CN1C2CCC1CN(C(=O)C1(C)CCNCC1)CC2. The number of carbonyl (C=O) groups excluding carboxylic acids is 1. The van der Waals surface area contributed by atoms with Gasteiger partial charge in [-0.3, -0.25) is 9.69 Å².